The molecule has 7 nitrogen and oxygen atoms in total. The molecule has 35 heavy (non-hydrogen) atoms. The summed E-state index contributed by atoms with van der Waals surface area (Å²) in [5, 5.41) is 15.0. The fourth-order valence-electron chi connectivity index (χ4n) is 5.07. The Labute approximate surface area is 205 Å². The summed E-state index contributed by atoms with van der Waals surface area (Å²) in [4.78, 5) is 36.5. The monoisotopic (exact) mass is 476 g/mol. The Morgan fingerprint density at radius 2 is 1.71 bits per heavy atom. The lowest BCUT2D eigenvalue weighted by molar-refractivity contribution is -0.142. The van der Waals surface area contributed by atoms with Crippen molar-refractivity contribution >= 4 is 18.0 Å². The Kier molecular flexibility index (Phi) is 7.85. The van der Waals surface area contributed by atoms with Gasteiger partial charge in [0, 0.05) is 24.4 Å². The molecule has 7 heteroatoms. The Bertz CT molecular complexity index is 1070. The number of carboxylic acids is 1. The minimum Gasteiger partial charge on any atom is -0.481 e. The van der Waals surface area contributed by atoms with Crippen LogP contribution in [-0.4, -0.2) is 41.8 Å². The van der Waals surface area contributed by atoms with E-state index >= 15 is 0 Å². The van der Waals surface area contributed by atoms with Crippen molar-refractivity contribution in [3.8, 4) is 11.1 Å². The number of carbonyl (C=O) groups excluding carboxylic acids is 2. The highest BCUT2D eigenvalue weighted by Gasteiger charge is 2.30. The van der Waals surface area contributed by atoms with Crippen LogP contribution in [0.25, 0.3) is 11.1 Å². The molecular weight excluding hydrogens is 444 g/mol. The maximum atomic E-state index is 12.7. The van der Waals surface area contributed by atoms with E-state index in [0.717, 1.165) is 17.5 Å². The van der Waals surface area contributed by atoms with Crippen LogP contribution in [0.1, 0.15) is 56.1 Å². The number of ether oxygens (including phenoxy) is 1. The lowest BCUT2D eigenvalue weighted by Gasteiger charge is -2.24. The van der Waals surface area contributed by atoms with Crippen LogP contribution < -0.4 is 10.6 Å². The van der Waals surface area contributed by atoms with Crippen LogP contribution in [0.2, 0.25) is 0 Å². The summed E-state index contributed by atoms with van der Waals surface area (Å²) in [6, 6.07) is 15.7. The van der Waals surface area contributed by atoms with Gasteiger partial charge in [-0.25, -0.2) is 4.79 Å². The Morgan fingerprint density at radius 3 is 2.34 bits per heavy atom. The Morgan fingerprint density at radius 1 is 1.06 bits per heavy atom. The van der Waals surface area contributed by atoms with E-state index in [1.807, 2.05) is 37.3 Å². The van der Waals surface area contributed by atoms with Crippen LogP contribution in [0.5, 0.6) is 0 Å². The van der Waals surface area contributed by atoms with Gasteiger partial charge in [0.25, 0.3) is 0 Å². The lowest BCUT2D eigenvalue weighted by Crippen LogP contribution is -2.43. The van der Waals surface area contributed by atoms with Gasteiger partial charge in [-0.3, -0.25) is 9.59 Å². The summed E-state index contributed by atoms with van der Waals surface area (Å²) in [6.45, 7) is 2.21. The summed E-state index contributed by atoms with van der Waals surface area (Å²) in [7, 11) is 0. The summed E-state index contributed by atoms with van der Waals surface area (Å²) in [6.07, 6.45) is 5.49. The van der Waals surface area contributed by atoms with Crippen molar-refractivity contribution in [2.75, 3.05) is 6.61 Å². The molecule has 2 aromatic carbocycles. The van der Waals surface area contributed by atoms with E-state index in [9.17, 15) is 19.5 Å². The molecule has 2 amide bonds. The van der Waals surface area contributed by atoms with Gasteiger partial charge in [-0.1, -0.05) is 74.0 Å². The zero-order valence-corrected chi connectivity index (χ0v) is 19.9. The summed E-state index contributed by atoms with van der Waals surface area (Å²) in [5.41, 5.74) is 4.62. The summed E-state index contributed by atoms with van der Waals surface area (Å²) < 4.78 is 5.63. The van der Waals surface area contributed by atoms with Crippen LogP contribution >= 0.6 is 0 Å². The van der Waals surface area contributed by atoms with Crippen molar-refractivity contribution in [2.24, 2.45) is 5.92 Å². The highest BCUT2D eigenvalue weighted by molar-refractivity contribution is 5.80. The van der Waals surface area contributed by atoms with Gasteiger partial charge in [0.05, 0.1) is 5.92 Å². The molecule has 0 radical (unpaired) electrons. The van der Waals surface area contributed by atoms with E-state index in [4.69, 9.17) is 4.74 Å². The number of aliphatic carboxylic acids is 1. The minimum atomic E-state index is -0.852. The van der Waals surface area contributed by atoms with E-state index in [0.29, 0.717) is 19.3 Å². The third kappa shape index (κ3) is 5.91. The predicted molar refractivity (Wildman–Crippen MR) is 133 cm³/mol. The van der Waals surface area contributed by atoms with Crippen molar-refractivity contribution in [2.45, 2.75) is 57.0 Å². The maximum Gasteiger partial charge on any atom is 0.407 e. The Balaban J connectivity index is 1.31. The molecule has 0 aliphatic heterocycles. The van der Waals surface area contributed by atoms with Gasteiger partial charge in [-0.05, 0) is 41.5 Å². The highest BCUT2D eigenvalue weighted by atomic mass is 16.5. The number of amides is 2. The summed E-state index contributed by atoms with van der Waals surface area (Å²) >= 11 is 0. The fourth-order valence-corrected chi connectivity index (χ4v) is 5.07. The number of benzene rings is 2. The molecule has 184 valence electrons. The van der Waals surface area contributed by atoms with Crippen LogP contribution in [-0.2, 0) is 14.3 Å². The molecule has 0 heterocycles. The van der Waals surface area contributed by atoms with Gasteiger partial charge in [0.2, 0.25) is 5.91 Å². The third-order valence-electron chi connectivity index (χ3n) is 6.76. The van der Waals surface area contributed by atoms with E-state index in [-0.39, 0.29) is 36.9 Å². The standard InChI is InChI=1S/C28H32N2O5/c1-2-8-19(16-26(31)29-20-10-7-9-18(15-20)27(32)33)30-28(34)35-17-25-23-13-5-3-11-21(23)22-12-4-6-14-24(22)25/h3-7,10-14,18-20,25H,2,8-9,15-17H2,1H3,(H,29,31)(H,30,34)(H,32,33)/t18-,19?,20-/m0/s1. The van der Waals surface area contributed by atoms with E-state index in [1.54, 1.807) is 6.08 Å². The quantitative estimate of drug-likeness (QED) is 0.458. The van der Waals surface area contributed by atoms with Crippen LogP contribution in [0, 0.1) is 5.92 Å². The number of carbonyl (C=O) groups is 3. The van der Waals surface area contributed by atoms with Crippen molar-refractivity contribution in [3.63, 3.8) is 0 Å². The molecule has 0 aromatic heterocycles. The predicted octanol–water partition coefficient (Wildman–Crippen LogP) is 4.62. The van der Waals surface area contributed by atoms with Crippen LogP contribution in [0.4, 0.5) is 4.79 Å². The van der Waals surface area contributed by atoms with Crippen molar-refractivity contribution in [3.05, 3.63) is 71.8 Å². The number of nitrogens with one attached hydrogen (secondary N) is 2. The second kappa shape index (κ2) is 11.2. The highest BCUT2D eigenvalue weighted by Crippen LogP contribution is 2.44. The molecular formula is C28H32N2O5. The fraction of sp³-hybridized carbons (Fsp3) is 0.393. The lowest BCUT2D eigenvalue weighted by atomic mass is 9.91. The molecule has 0 saturated carbocycles. The largest absolute Gasteiger partial charge is 0.481 e. The molecule has 0 spiro atoms. The SMILES string of the molecule is CCCC(CC(=O)N[C@H]1C=CC[C@H](C(=O)O)C1)NC(=O)OCC1c2ccccc2-c2ccccc21. The molecule has 2 aliphatic rings. The minimum absolute atomic E-state index is 0.0265. The van der Waals surface area contributed by atoms with Gasteiger partial charge >= 0.3 is 12.1 Å². The van der Waals surface area contributed by atoms with Gasteiger partial charge in [-0.15, -0.1) is 0 Å². The van der Waals surface area contributed by atoms with Crippen molar-refractivity contribution in [1.29, 1.82) is 0 Å². The molecule has 2 aromatic rings. The van der Waals surface area contributed by atoms with Gasteiger partial charge in [0.1, 0.15) is 6.61 Å². The molecule has 0 bridgehead atoms. The molecule has 0 fully saturated rings. The maximum absolute atomic E-state index is 12.7. The van der Waals surface area contributed by atoms with Crippen molar-refractivity contribution in [1.82, 2.24) is 10.6 Å². The average molecular weight is 477 g/mol. The molecule has 0 saturated heterocycles. The first-order valence-corrected chi connectivity index (χ1v) is 12.3. The number of allylic oxidation sites excluding steroid dienone is 1. The first kappa shape index (κ1) is 24.5. The zero-order chi connectivity index (χ0) is 24.8. The van der Waals surface area contributed by atoms with E-state index in [2.05, 4.69) is 34.9 Å². The van der Waals surface area contributed by atoms with Crippen molar-refractivity contribution < 1.29 is 24.2 Å². The smallest absolute Gasteiger partial charge is 0.407 e. The number of alkyl carbamates (subject to hydrolysis) is 1. The molecule has 3 atom stereocenters. The second-order valence-electron chi connectivity index (χ2n) is 9.27. The number of hydrogen-bond donors (Lipinski definition) is 3. The van der Waals surface area contributed by atoms with Crippen LogP contribution in [0.15, 0.2) is 60.7 Å². The molecule has 3 N–H and O–H groups in total. The van der Waals surface area contributed by atoms with Gasteiger partial charge in [-0.2, -0.15) is 0 Å². The van der Waals surface area contributed by atoms with Gasteiger partial charge in [0.15, 0.2) is 0 Å². The average Bonchev–Trinajstić information content (AvgIpc) is 3.16. The Hall–Kier alpha value is -3.61. The molecule has 4 rings (SSSR count). The third-order valence-corrected chi connectivity index (χ3v) is 6.76. The van der Waals surface area contributed by atoms with E-state index < -0.39 is 18.0 Å². The topological polar surface area (TPSA) is 105 Å². The number of carboxylic acid groups (broad SMARTS) is 1. The molecule has 2 aliphatic carbocycles. The first-order chi connectivity index (χ1) is 17.0. The summed E-state index contributed by atoms with van der Waals surface area (Å²) in [5.74, 6) is -1.59. The number of hydrogen-bond acceptors (Lipinski definition) is 4. The number of fused-ring (bicyclic) bond motifs is 3. The van der Waals surface area contributed by atoms with Gasteiger partial charge < -0.3 is 20.5 Å². The normalized spacial score (nSPS) is 19.3. The molecule has 1 unspecified atom stereocenters. The van der Waals surface area contributed by atoms with E-state index in [1.165, 1.54) is 11.1 Å². The first-order valence-electron chi connectivity index (χ1n) is 12.3. The second-order valence-corrected chi connectivity index (χ2v) is 9.27. The zero-order valence-electron chi connectivity index (χ0n) is 19.9. The van der Waals surface area contributed by atoms with Crippen LogP contribution in [0.3, 0.4) is 0 Å². The number of rotatable bonds is 9.